The monoisotopic (exact) mass is 910 g/mol. The lowest BCUT2D eigenvalue weighted by molar-refractivity contribution is -0.158. The van der Waals surface area contributed by atoms with Gasteiger partial charge >= 0.3 is 5.97 Å². The van der Waals surface area contributed by atoms with E-state index < -0.39 is 119 Å². The number of Topliss-reactive ketones (excluding diaryl/α,β-unsaturated/α-hetero) is 1. The number of esters is 1. The van der Waals surface area contributed by atoms with Gasteiger partial charge in [-0.1, -0.05) is 86.4 Å². The molecule has 2 aliphatic heterocycles. The maximum atomic E-state index is 14.8. The summed E-state index contributed by atoms with van der Waals surface area (Å²) in [5.41, 5.74) is 5.95. The van der Waals surface area contributed by atoms with Crippen molar-refractivity contribution < 1.29 is 53.0 Å². The van der Waals surface area contributed by atoms with E-state index in [0.717, 1.165) is 0 Å². The second-order valence-electron chi connectivity index (χ2n) is 18.3. The number of hydrogen-bond acceptors (Lipinski definition) is 11. The van der Waals surface area contributed by atoms with Gasteiger partial charge in [0.05, 0.1) is 6.04 Å². The molecule has 3 rings (SSSR count). The largest absolute Gasteiger partial charge is 0.508 e. The average Bonchev–Trinajstić information content (AvgIpc) is 3.25. The molecule has 2 heterocycles. The molecule has 0 unspecified atom stereocenters. The van der Waals surface area contributed by atoms with Crippen LogP contribution >= 0.6 is 0 Å². The number of nitrogens with two attached hydrogens (primary N) is 1. The van der Waals surface area contributed by atoms with E-state index in [1.807, 2.05) is 27.7 Å². The van der Waals surface area contributed by atoms with Crippen molar-refractivity contribution in [2.45, 2.75) is 156 Å². The zero-order valence-corrected chi connectivity index (χ0v) is 39.6. The Morgan fingerprint density at radius 1 is 0.892 bits per heavy atom. The Bertz CT molecular complexity index is 1920. The van der Waals surface area contributed by atoms with Crippen molar-refractivity contribution in [2.75, 3.05) is 7.05 Å². The predicted molar refractivity (Wildman–Crippen MR) is 241 cm³/mol. The molecule has 1 aromatic carbocycles. The Morgan fingerprint density at radius 2 is 1.52 bits per heavy atom. The summed E-state index contributed by atoms with van der Waals surface area (Å²) in [4.78, 5) is 128. The molecule has 10 atom stereocenters. The molecule has 18 nitrogen and oxygen atoms in total. The fourth-order valence-electron chi connectivity index (χ4n) is 7.78. The van der Waals surface area contributed by atoms with Gasteiger partial charge in [-0.15, -0.1) is 0 Å². The number of aromatic hydroxyl groups is 1. The third-order valence-electron chi connectivity index (χ3n) is 12.3. The highest BCUT2D eigenvalue weighted by Crippen LogP contribution is 2.29. The maximum Gasteiger partial charge on any atom is 0.329 e. The van der Waals surface area contributed by atoms with Crippen LogP contribution < -0.4 is 27.0 Å². The van der Waals surface area contributed by atoms with Gasteiger partial charge in [-0.2, -0.15) is 0 Å². The highest BCUT2D eigenvalue weighted by molar-refractivity contribution is 5.98. The van der Waals surface area contributed by atoms with Gasteiger partial charge in [-0.3, -0.25) is 38.4 Å². The smallest absolute Gasteiger partial charge is 0.329 e. The van der Waals surface area contributed by atoms with Gasteiger partial charge in [0.2, 0.25) is 41.4 Å². The van der Waals surface area contributed by atoms with E-state index in [4.69, 9.17) is 10.5 Å². The standard InChI is InChI=1S/C47H71N7O11/c1-11-27(7)38-47(64)65-29(9)39(52-42(59)33(19-20-37(48)57)49-41(58)26(5)6)44(61)50-34(22-25(3)4)36(56)24-31-14-13-21-54(45(31)62)40(28(8)12-2)46(63)53(10)35(43(60)51-38)23-30-15-17-32(55)18-16-30/h13,15-18,21,25-29,31,33-35,38-40,55H,11-12,14,19-20,22-24H2,1-10H3,(H2,48,57)(H,49,58)(H,50,61)(H,51,60)(H,52,59)/t27-,28-,29+,31+,33-,34-,35-,38-,39-,40-/m0/s1. The minimum atomic E-state index is -1.69. The number of ketones is 1. The number of nitrogens with zero attached hydrogens (tertiary/aromatic N) is 2. The summed E-state index contributed by atoms with van der Waals surface area (Å²) in [6.07, 6.45) is 2.03. The number of hydrogen-bond donors (Lipinski definition) is 6. The third kappa shape index (κ3) is 14.9. The number of allylic oxidation sites excluding steroid dienone is 1. The van der Waals surface area contributed by atoms with Crippen molar-refractivity contribution in [3.63, 3.8) is 0 Å². The average molecular weight is 910 g/mol. The Hall–Kier alpha value is -5.81. The summed E-state index contributed by atoms with van der Waals surface area (Å²) in [5.74, 6) is -8.93. The van der Waals surface area contributed by atoms with E-state index in [0.29, 0.717) is 18.4 Å². The molecule has 65 heavy (non-hydrogen) atoms. The lowest BCUT2D eigenvalue weighted by Crippen LogP contribution is -2.61. The number of primary amides is 1. The molecule has 1 aromatic rings. The zero-order valence-electron chi connectivity index (χ0n) is 39.6. The second-order valence-corrected chi connectivity index (χ2v) is 18.3. The van der Waals surface area contributed by atoms with E-state index >= 15 is 0 Å². The molecule has 0 spiro atoms. The van der Waals surface area contributed by atoms with E-state index in [9.17, 15) is 48.3 Å². The van der Waals surface area contributed by atoms with Crippen LogP contribution in [0.3, 0.4) is 0 Å². The molecule has 7 amide bonds. The fourth-order valence-corrected chi connectivity index (χ4v) is 7.78. The molecule has 1 saturated heterocycles. The van der Waals surface area contributed by atoms with E-state index in [2.05, 4.69) is 21.3 Å². The number of rotatable bonds is 15. The van der Waals surface area contributed by atoms with Gasteiger partial charge in [0.15, 0.2) is 5.78 Å². The second kappa shape index (κ2) is 24.5. The van der Waals surface area contributed by atoms with E-state index in [1.54, 1.807) is 45.9 Å². The molecule has 0 saturated carbocycles. The van der Waals surface area contributed by atoms with Crippen molar-refractivity contribution >= 4 is 53.1 Å². The van der Waals surface area contributed by atoms with Crippen molar-refractivity contribution in [3.05, 3.63) is 42.1 Å². The molecule has 7 N–H and O–H groups in total. The molecule has 2 bridgehead atoms. The number of benzene rings is 1. The van der Waals surface area contributed by atoms with Crippen LogP contribution in [0.4, 0.5) is 0 Å². The van der Waals surface area contributed by atoms with Crippen LogP contribution in [0.25, 0.3) is 0 Å². The number of cyclic esters (lactones) is 1. The number of carbonyl (C=O) groups excluding carboxylic acids is 9. The van der Waals surface area contributed by atoms with Crippen LogP contribution in [0.15, 0.2) is 36.5 Å². The minimum Gasteiger partial charge on any atom is -0.508 e. The quantitative estimate of drug-likeness (QED) is 0.139. The first kappa shape index (κ1) is 53.5. The molecule has 0 aromatic heterocycles. The number of fused-ring (bicyclic) bond motifs is 2. The predicted octanol–water partition coefficient (Wildman–Crippen LogP) is 2.40. The molecular formula is C47H71N7O11. The number of nitrogens with one attached hydrogen (secondary N) is 4. The number of likely N-dealkylation sites (N-methyl/N-ethyl adjacent to an activating group) is 1. The van der Waals surface area contributed by atoms with Crippen LogP contribution in [0.5, 0.6) is 5.75 Å². The normalized spacial score (nSPS) is 25.4. The Kier molecular flexibility index (Phi) is 20.2. The molecule has 0 aliphatic carbocycles. The highest BCUT2D eigenvalue weighted by atomic mass is 16.5. The summed E-state index contributed by atoms with van der Waals surface area (Å²) in [7, 11) is 1.45. The van der Waals surface area contributed by atoms with Crippen molar-refractivity contribution in [1.29, 1.82) is 0 Å². The van der Waals surface area contributed by atoms with E-state index in [-0.39, 0.29) is 50.2 Å². The van der Waals surface area contributed by atoms with Gasteiger partial charge in [-0.05, 0) is 61.6 Å². The van der Waals surface area contributed by atoms with E-state index in [1.165, 1.54) is 42.1 Å². The lowest BCUT2D eigenvalue weighted by atomic mass is 9.87. The molecule has 18 heteroatoms. The molecule has 1 fully saturated rings. The SMILES string of the molecule is CC[C@H](C)[C@@H]1NC(=O)[C@H](Cc2ccc(O)cc2)N(C)C(=O)[C@H]([C@@H](C)CC)N2C=CC[C@H](CC(=O)[C@H](CC(C)C)NC(=O)[C@@H](NC(=O)[C@H](CCC(N)=O)NC(=O)C(C)C)[C@@H](C)OC1=O)C2=O. The molecule has 360 valence electrons. The first-order valence-corrected chi connectivity index (χ1v) is 22.8. The van der Waals surface area contributed by atoms with Crippen LogP contribution in [0, 0.1) is 29.6 Å². The van der Waals surface area contributed by atoms with Crippen LogP contribution in [-0.4, -0.2) is 117 Å². The summed E-state index contributed by atoms with van der Waals surface area (Å²) in [5, 5.41) is 20.7. The number of phenols is 1. The van der Waals surface area contributed by atoms with Crippen LogP contribution in [0.2, 0.25) is 0 Å². The first-order chi connectivity index (χ1) is 30.5. The van der Waals surface area contributed by atoms with Crippen molar-refractivity contribution in [2.24, 2.45) is 35.3 Å². The Balaban J connectivity index is 2.25. The molecular weight excluding hydrogens is 839 g/mol. The van der Waals surface area contributed by atoms with Gasteiger partial charge in [0.1, 0.15) is 42.1 Å². The third-order valence-corrected chi connectivity index (χ3v) is 12.3. The van der Waals surface area contributed by atoms with Crippen LogP contribution in [-0.2, 0) is 54.3 Å². The highest BCUT2D eigenvalue weighted by Gasteiger charge is 2.44. The topological polar surface area (TPSA) is 264 Å². The van der Waals surface area contributed by atoms with Gasteiger partial charge in [0, 0.05) is 44.3 Å². The minimum absolute atomic E-state index is 0.0164. The van der Waals surface area contributed by atoms with Crippen LogP contribution in [0.1, 0.15) is 113 Å². The maximum absolute atomic E-state index is 14.8. The summed E-state index contributed by atoms with van der Waals surface area (Å²) in [6.45, 7) is 15.4. The first-order valence-electron chi connectivity index (χ1n) is 22.8. The Morgan fingerprint density at radius 3 is 2.09 bits per heavy atom. The van der Waals surface area contributed by atoms with Gasteiger partial charge in [0.25, 0.3) is 0 Å². The number of ether oxygens (including phenoxy) is 1. The van der Waals surface area contributed by atoms with Crippen molar-refractivity contribution in [3.8, 4) is 5.75 Å². The summed E-state index contributed by atoms with van der Waals surface area (Å²) >= 11 is 0. The van der Waals surface area contributed by atoms with Gasteiger partial charge < -0.3 is 46.6 Å². The molecule has 2 aliphatic rings. The van der Waals surface area contributed by atoms with Gasteiger partial charge in [-0.25, -0.2) is 4.79 Å². The fraction of sp³-hybridized carbons (Fsp3) is 0.638. The lowest BCUT2D eigenvalue weighted by Gasteiger charge is -2.40. The summed E-state index contributed by atoms with van der Waals surface area (Å²) < 4.78 is 5.93. The van der Waals surface area contributed by atoms with Crippen molar-refractivity contribution in [1.82, 2.24) is 31.1 Å². The number of amides is 7. The number of phenolic OH excluding ortho intramolecular Hbond substituents is 1. The number of carbonyl (C=O) groups is 9. The molecule has 0 radical (unpaired) electrons. The summed E-state index contributed by atoms with van der Waals surface area (Å²) in [6, 6.07) is -1.82. The Labute approximate surface area is 382 Å². The zero-order chi connectivity index (χ0) is 48.9.